The first-order valence-electron chi connectivity index (χ1n) is 6.15. The van der Waals surface area contributed by atoms with E-state index in [-0.39, 0.29) is 22.4 Å². The summed E-state index contributed by atoms with van der Waals surface area (Å²) < 4.78 is 6.34. The van der Waals surface area contributed by atoms with Crippen molar-refractivity contribution in [3.63, 3.8) is 0 Å². The van der Waals surface area contributed by atoms with Gasteiger partial charge >= 0.3 is 0 Å². The monoisotopic (exact) mass is 347 g/mol. The summed E-state index contributed by atoms with van der Waals surface area (Å²) in [5, 5.41) is 4.31. The predicted molar refractivity (Wildman–Crippen MR) is 80.3 cm³/mol. The van der Waals surface area contributed by atoms with E-state index in [1.165, 1.54) is 10.9 Å². The summed E-state index contributed by atoms with van der Waals surface area (Å²) in [4.78, 5) is 28.3. The van der Waals surface area contributed by atoms with Gasteiger partial charge in [-0.1, -0.05) is 33.2 Å². The van der Waals surface area contributed by atoms with E-state index in [0.717, 1.165) is 0 Å². The summed E-state index contributed by atoms with van der Waals surface area (Å²) >= 11 is 3.13. The molecule has 0 saturated heterocycles. The zero-order chi connectivity index (χ0) is 15.0. The Hall–Kier alpha value is -2.28. The molecule has 0 N–H and O–H groups in total. The molecule has 7 heteroatoms. The van der Waals surface area contributed by atoms with E-state index in [1.807, 2.05) is 0 Å². The third-order valence-corrected chi connectivity index (χ3v) is 3.64. The number of halogens is 1. The number of rotatable bonds is 3. The third-order valence-electron chi connectivity index (χ3n) is 3.14. The van der Waals surface area contributed by atoms with Gasteiger partial charge in [0.2, 0.25) is 0 Å². The number of alkyl halides is 1. The molecule has 0 saturated carbocycles. The minimum absolute atomic E-state index is 0.0555. The molecule has 106 valence electrons. The first kappa shape index (κ1) is 13.7. The summed E-state index contributed by atoms with van der Waals surface area (Å²) in [5.74, 6) is -0.0555. The highest BCUT2D eigenvalue weighted by molar-refractivity contribution is 9.09. The number of carbonyl (C=O) groups is 1. The van der Waals surface area contributed by atoms with Gasteiger partial charge in [-0.05, 0) is 19.1 Å². The van der Waals surface area contributed by atoms with Crippen LogP contribution < -0.4 is 5.56 Å². The van der Waals surface area contributed by atoms with Crippen molar-refractivity contribution >= 4 is 32.8 Å². The van der Waals surface area contributed by atoms with Crippen LogP contribution in [0, 0.1) is 6.92 Å². The molecule has 6 nitrogen and oxygen atoms in total. The van der Waals surface area contributed by atoms with Crippen LogP contribution in [0.5, 0.6) is 0 Å². The maximum Gasteiger partial charge on any atom is 0.271 e. The van der Waals surface area contributed by atoms with Gasteiger partial charge in [0.1, 0.15) is 11.7 Å². The molecule has 0 aliphatic carbocycles. The van der Waals surface area contributed by atoms with Crippen molar-refractivity contribution in [2.24, 2.45) is 0 Å². The van der Waals surface area contributed by atoms with Crippen LogP contribution in [0.1, 0.15) is 16.1 Å². The minimum atomic E-state index is -0.276. The molecule has 0 unspecified atom stereocenters. The number of nitrogens with zero attached hydrogens (tertiary/aromatic N) is 3. The fourth-order valence-corrected chi connectivity index (χ4v) is 2.39. The first-order valence-corrected chi connectivity index (χ1v) is 7.27. The number of hydrogen-bond donors (Lipinski definition) is 0. The predicted octanol–water partition coefficient (Wildman–Crippen LogP) is 2.26. The molecule has 0 atom stereocenters. The Kier molecular flexibility index (Phi) is 3.42. The van der Waals surface area contributed by atoms with Crippen molar-refractivity contribution < 1.29 is 9.32 Å². The van der Waals surface area contributed by atoms with Crippen LogP contribution >= 0.6 is 15.9 Å². The van der Waals surface area contributed by atoms with Crippen LogP contribution in [-0.4, -0.2) is 25.8 Å². The molecule has 2 aromatic heterocycles. The Morgan fingerprint density at radius 1 is 1.43 bits per heavy atom. The number of carbonyl (C=O) groups excluding carboxylic acids is 1. The standard InChI is InChI=1S/C14H10BrN3O3/c1-8-12-13(21-17-8)16-7-18(14(12)20)10-4-2-3-9(5-10)11(19)6-15/h2-5,7H,6H2,1H3. The summed E-state index contributed by atoms with van der Waals surface area (Å²) in [6, 6.07) is 6.82. The fraction of sp³-hybridized carbons (Fsp3) is 0.143. The van der Waals surface area contributed by atoms with Gasteiger partial charge in [0.25, 0.3) is 11.3 Å². The summed E-state index contributed by atoms with van der Waals surface area (Å²) in [6.07, 6.45) is 1.37. The second-order valence-corrected chi connectivity index (χ2v) is 5.04. The van der Waals surface area contributed by atoms with Crippen molar-refractivity contribution in [1.29, 1.82) is 0 Å². The zero-order valence-corrected chi connectivity index (χ0v) is 12.6. The summed E-state index contributed by atoms with van der Waals surface area (Å²) in [5.41, 5.74) is 1.52. The van der Waals surface area contributed by atoms with Crippen LogP contribution in [0.2, 0.25) is 0 Å². The van der Waals surface area contributed by atoms with Gasteiger partial charge in [-0.3, -0.25) is 14.2 Å². The van der Waals surface area contributed by atoms with Gasteiger partial charge < -0.3 is 4.52 Å². The number of aryl methyl sites for hydroxylation is 1. The maximum absolute atomic E-state index is 12.5. The van der Waals surface area contributed by atoms with E-state index in [0.29, 0.717) is 22.3 Å². The van der Waals surface area contributed by atoms with Gasteiger partial charge in [-0.15, -0.1) is 0 Å². The average molecular weight is 348 g/mol. The summed E-state index contributed by atoms with van der Waals surface area (Å²) in [7, 11) is 0. The van der Waals surface area contributed by atoms with Crippen molar-refractivity contribution in [1.82, 2.24) is 14.7 Å². The molecule has 3 rings (SSSR count). The molecule has 21 heavy (non-hydrogen) atoms. The Labute approximate surface area is 127 Å². The lowest BCUT2D eigenvalue weighted by Crippen LogP contribution is -2.19. The highest BCUT2D eigenvalue weighted by Crippen LogP contribution is 2.14. The second-order valence-electron chi connectivity index (χ2n) is 4.47. The molecule has 0 aliphatic heterocycles. The van der Waals surface area contributed by atoms with Crippen molar-refractivity contribution in [2.45, 2.75) is 6.92 Å². The molecular weight excluding hydrogens is 338 g/mol. The van der Waals surface area contributed by atoms with Crippen molar-refractivity contribution in [3.8, 4) is 5.69 Å². The Morgan fingerprint density at radius 3 is 3.00 bits per heavy atom. The van der Waals surface area contributed by atoms with Gasteiger partial charge in [-0.25, -0.2) is 4.98 Å². The molecule has 0 fully saturated rings. The molecule has 0 spiro atoms. The van der Waals surface area contributed by atoms with E-state index >= 15 is 0 Å². The van der Waals surface area contributed by atoms with E-state index in [1.54, 1.807) is 31.2 Å². The highest BCUT2D eigenvalue weighted by Gasteiger charge is 2.13. The molecule has 0 bridgehead atoms. The lowest BCUT2D eigenvalue weighted by molar-refractivity contribution is 0.102. The fourth-order valence-electron chi connectivity index (χ4n) is 2.07. The van der Waals surface area contributed by atoms with Crippen LogP contribution in [0.25, 0.3) is 16.8 Å². The van der Waals surface area contributed by atoms with Gasteiger partial charge in [-0.2, -0.15) is 0 Å². The van der Waals surface area contributed by atoms with E-state index in [2.05, 4.69) is 26.1 Å². The highest BCUT2D eigenvalue weighted by atomic mass is 79.9. The molecule has 1 aromatic carbocycles. The van der Waals surface area contributed by atoms with E-state index in [4.69, 9.17) is 4.52 Å². The average Bonchev–Trinajstić information content (AvgIpc) is 2.89. The number of fused-ring (bicyclic) bond motifs is 1. The molecule has 0 amide bonds. The zero-order valence-electron chi connectivity index (χ0n) is 11.0. The van der Waals surface area contributed by atoms with Crippen molar-refractivity contribution in [3.05, 3.63) is 52.2 Å². The molecule has 3 aromatic rings. The van der Waals surface area contributed by atoms with Gasteiger partial charge in [0.15, 0.2) is 5.78 Å². The minimum Gasteiger partial charge on any atom is -0.335 e. The lowest BCUT2D eigenvalue weighted by Gasteiger charge is -2.06. The maximum atomic E-state index is 12.5. The van der Waals surface area contributed by atoms with Crippen molar-refractivity contribution in [2.75, 3.05) is 5.33 Å². The number of benzene rings is 1. The topological polar surface area (TPSA) is 78.0 Å². The normalized spacial score (nSPS) is 11.0. The quantitative estimate of drug-likeness (QED) is 0.536. The molecule has 0 aliphatic rings. The molecular formula is C14H10BrN3O3. The third kappa shape index (κ3) is 2.29. The number of hydrogen-bond acceptors (Lipinski definition) is 5. The van der Waals surface area contributed by atoms with Crippen LogP contribution in [0.4, 0.5) is 0 Å². The Balaban J connectivity index is 2.21. The number of Topliss-reactive ketones (excluding diaryl/α,β-unsaturated/α-hetero) is 1. The van der Waals surface area contributed by atoms with Gasteiger partial charge in [0, 0.05) is 5.56 Å². The molecule has 0 radical (unpaired) electrons. The SMILES string of the molecule is Cc1noc2ncn(-c3cccc(C(=O)CBr)c3)c(=O)c12. The van der Waals surface area contributed by atoms with Crippen LogP contribution in [0.3, 0.4) is 0 Å². The van der Waals surface area contributed by atoms with E-state index < -0.39 is 0 Å². The number of ketones is 1. The van der Waals surface area contributed by atoms with Crippen LogP contribution in [-0.2, 0) is 0 Å². The van der Waals surface area contributed by atoms with E-state index in [9.17, 15) is 9.59 Å². The molecule has 2 heterocycles. The summed E-state index contributed by atoms with van der Waals surface area (Å²) in [6.45, 7) is 1.68. The smallest absolute Gasteiger partial charge is 0.271 e. The number of aromatic nitrogens is 3. The van der Waals surface area contributed by atoms with Crippen LogP contribution in [0.15, 0.2) is 39.9 Å². The Morgan fingerprint density at radius 2 is 2.24 bits per heavy atom. The first-order chi connectivity index (χ1) is 10.1. The lowest BCUT2D eigenvalue weighted by atomic mass is 10.1. The Bertz CT molecular complexity index is 898. The second kappa shape index (κ2) is 5.25. The largest absolute Gasteiger partial charge is 0.335 e. The van der Waals surface area contributed by atoms with Gasteiger partial charge in [0.05, 0.1) is 16.7 Å².